The van der Waals surface area contributed by atoms with Gasteiger partial charge in [0.2, 0.25) is 11.9 Å². The molecular weight excluding hydrogens is 425 g/mol. The summed E-state index contributed by atoms with van der Waals surface area (Å²) in [6, 6.07) is 3.73. The molecule has 1 amide bonds. The number of hydrogen-bond donors (Lipinski definition) is 1. The fourth-order valence-corrected chi connectivity index (χ4v) is 4.25. The van der Waals surface area contributed by atoms with Gasteiger partial charge in [-0.25, -0.2) is 14.6 Å². The van der Waals surface area contributed by atoms with Gasteiger partial charge >= 0.3 is 0 Å². The lowest BCUT2D eigenvalue weighted by atomic mass is 10.2. The van der Waals surface area contributed by atoms with Gasteiger partial charge in [0.05, 0.1) is 40.2 Å². The molecule has 3 heterocycles. The minimum Gasteiger partial charge on any atom is -0.359 e. The van der Waals surface area contributed by atoms with Gasteiger partial charge in [0.25, 0.3) is 0 Å². The molecule has 0 atom stereocenters. The largest absolute Gasteiger partial charge is 0.359 e. The quantitative estimate of drug-likeness (QED) is 0.659. The van der Waals surface area contributed by atoms with Gasteiger partial charge in [0.15, 0.2) is 5.15 Å². The van der Waals surface area contributed by atoms with E-state index in [9.17, 15) is 4.79 Å². The number of anilines is 3. The van der Waals surface area contributed by atoms with E-state index in [4.69, 9.17) is 23.2 Å². The first kappa shape index (κ1) is 19.4. The summed E-state index contributed by atoms with van der Waals surface area (Å²) in [5.41, 5.74) is 2.20. The number of carbonyl (C=O) groups is 1. The van der Waals surface area contributed by atoms with Gasteiger partial charge in [-0.3, -0.25) is 4.79 Å². The summed E-state index contributed by atoms with van der Waals surface area (Å²) in [4.78, 5) is 24.8. The zero-order valence-corrected chi connectivity index (χ0v) is 18.2. The lowest BCUT2D eigenvalue weighted by molar-refractivity contribution is -0.129. The predicted octanol–water partition coefficient (Wildman–Crippen LogP) is 3.66. The third-order valence-electron chi connectivity index (χ3n) is 5.89. The third kappa shape index (κ3) is 3.33. The number of piperazine rings is 1. The average molecular weight is 446 g/mol. The molecule has 2 fully saturated rings. The number of hydrogen-bond acceptors (Lipinski definition) is 6. The minimum atomic E-state index is 0.00680. The Morgan fingerprint density at radius 3 is 2.70 bits per heavy atom. The van der Waals surface area contributed by atoms with Crippen molar-refractivity contribution >= 4 is 57.3 Å². The Morgan fingerprint density at radius 2 is 1.97 bits per heavy atom. The van der Waals surface area contributed by atoms with Crippen LogP contribution in [0.4, 0.5) is 17.3 Å². The number of carbonyl (C=O) groups excluding carboxylic acids is 1. The van der Waals surface area contributed by atoms with Crippen molar-refractivity contribution < 1.29 is 4.79 Å². The zero-order chi connectivity index (χ0) is 21.0. The molecule has 0 radical (unpaired) electrons. The summed E-state index contributed by atoms with van der Waals surface area (Å²) in [6.45, 7) is 3.81. The number of likely N-dealkylation sites (N-methyl/N-ethyl adjacent to an activating group) is 1. The third-order valence-corrected chi connectivity index (χ3v) is 6.55. The Hall–Kier alpha value is -2.58. The molecule has 8 nitrogen and oxygen atoms in total. The highest BCUT2D eigenvalue weighted by Crippen LogP contribution is 2.45. The smallest absolute Gasteiger partial charge is 0.241 e. The molecule has 2 aromatic heterocycles. The zero-order valence-electron chi connectivity index (χ0n) is 16.7. The molecule has 1 saturated carbocycles. The van der Waals surface area contributed by atoms with Gasteiger partial charge in [-0.2, -0.15) is 5.10 Å². The van der Waals surface area contributed by atoms with Crippen LogP contribution in [0.1, 0.15) is 19.8 Å². The molecule has 1 aromatic carbocycles. The van der Waals surface area contributed by atoms with Crippen molar-refractivity contribution in [1.82, 2.24) is 24.6 Å². The van der Waals surface area contributed by atoms with E-state index in [1.54, 1.807) is 17.3 Å². The fraction of sp³-hybridized carbons (Fsp3) is 0.400. The van der Waals surface area contributed by atoms with E-state index in [1.807, 2.05) is 28.8 Å². The molecule has 1 aliphatic heterocycles. The first-order valence-corrected chi connectivity index (χ1v) is 10.6. The summed E-state index contributed by atoms with van der Waals surface area (Å²) in [5, 5.41) is 9.53. The molecule has 30 heavy (non-hydrogen) atoms. The monoisotopic (exact) mass is 445 g/mol. The number of fused-ring (bicyclic) bond motifs is 1. The minimum absolute atomic E-state index is 0.00680. The topological polar surface area (TPSA) is 79.2 Å². The highest BCUT2D eigenvalue weighted by Gasteiger charge is 2.42. The summed E-state index contributed by atoms with van der Waals surface area (Å²) in [6.07, 6.45) is 5.55. The maximum Gasteiger partial charge on any atom is 0.241 e. The molecule has 5 rings (SSSR count). The van der Waals surface area contributed by atoms with Gasteiger partial charge in [-0.1, -0.05) is 23.2 Å². The molecule has 1 saturated heterocycles. The standard InChI is InChI=1S/C20H21Cl2N7O/c1-20(3-4-20)29-18(22)15(10-24-29)26-19-23-9-12-7-13(21)16(8-14(12)25-19)28-6-5-27(2)17(30)11-28/h7-10H,3-6,11H2,1-2H3,(H,23,25,26). The number of aromatic nitrogens is 4. The molecule has 1 aliphatic carbocycles. The predicted molar refractivity (Wildman–Crippen MR) is 118 cm³/mol. The number of nitrogens with one attached hydrogen (secondary N) is 1. The van der Waals surface area contributed by atoms with Gasteiger partial charge in [-0.05, 0) is 31.9 Å². The summed E-state index contributed by atoms with van der Waals surface area (Å²) < 4.78 is 1.85. The van der Waals surface area contributed by atoms with Gasteiger partial charge in [0, 0.05) is 31.7 Å². The van der Waals surface area contributed by atoms with Gasteiger partial charge < -0.3 is 15.1 Å². The lowest BCUT2D eigenvalue weighted by Gasteiger charge is -2.34. The van der Waals surface area contributed by atoms with Crippen LogP contribution in [0.15, 0.2) is 24.5 Å². The number of nitrogens with zero attached hydrogens (tertiary/aromatic N) is 6. The van der Waals surface area contributed by atoms with Crippen LogP contribution in [0.3, 0.4) is 0 Å². The molecule has 3 aromatic rings. The van der Waals surface area contributed by atoms with Gasteiger partial charge in [-0.15, -0.1) is 0 Å². The highest BCUT2D eigenvalue weighted by atomic mass is 35.5. The van der Waals surface area contributed by atoms with E-state index in [0.717, 1.165) is 36.0 Å². The first-order valence-electron chi connectivity index (χ1n) is 9.80. The van der Waals surface area contributed by atoms with E-state index in [-0.39, 0.29) is 11.4 Å². The van der Waals surface area contributed by atoms with Crippen molar-refractivity contribution in [1.29, 1.82) is 0 Å². The molecule has 0 bridgehead atoms. The van der Waals surface area contributed by atoms with Crippen LogP contribution in [-0.4, -0.2) is 57.2 Å². The number of rotatable bonds is 4. The molecule has 0 unspecified atom stereocenters. The molecule has 10 heteroatoms. The van der Waals surface area contributed by atoms with E-state index >= 15 is 0 Å². The second-order valence-electron chi connectivity index (χ2n) is 8.18. The van der Waals surface area contributed by atoms with Crippen molar-refractivity contribution in [3.8, 4) is 0 Å². The Kier molecular flexibility index (Phi) is 4.52. The maximum atomic E-state index is 12.1. The molecular formula is C20H21Cl2N7O. The Labute approximate surface area is 183 Å². The van der Waals surface area contributed by atoms with E-state index in [1.165, 1.54) is 0 Å². The van der Waals surface area contributed by atoms with E-state index in [2.05, 4.69) is 27.3 Å². The van der Waals surface area contributed by atoms with Crippen molar-refractivity contribution in [2.75, 3.05) is 36.9 Å². The van der Waals surface area contributed by atoms with Crippen LogP contribution in [-0.2, 0) is 10.3 Å². The first-order chi connectivity index (χ1) is 14.3. The van der Waals surface area contributed by atoms with Crippen LogP contribution in [0.2, 0.25) is 10.2 Å². The second kappa shape index (κ2) is 6.99. The summed E-state index contributed by atoms with van der Waals surface area (Å²) in [5.74, 6) is 0.492. The van der Waals surface area contributed by atoms with E-state index < -0.39 is 0 Å². The van der Waals surface area contributed by atoms with Crippen molar-refractivity contribution in [2.45, 2.75) is 25.3 Å². The van der Waals surface area contributed by atoms with Crippen LogP contribution in [0.25, 0.3) is 10.9 Å². The number of amides is 1. The SMILES string of the molecule is CN1CCN(c2cc3nc(Nc4cnn(C5(C)CC5)c4Cl)ncc3cc2Cl)CC1=O. The van der Waals surface area contributed by atoms with Crippen molar-refractivity contribution in [2.24, 2.45) is 0 Å². The van der Waals surface area contributed by atoms with Crippen LogP contribution < -0.4 is 10.2 Å². The fourth-order valence-electron chi connectivity index (χ4n) is 3.61. The highest BCUT2D eigenvalue weighted by molar-refractivity contribution is 6.34. The van der Waals surface area contributed by atoms with Crippen LogP contribution in [0.5, 0.6) is 0 Å². The summed E-state index contributed by atoms with van der Waals surface area (Å²) >= 11 is 13.0. The van der Waals surface area contributed by atoms with Crippen LogP contribution >= 0.6 is 23.2 Å². The molecule has 156 valence electrons. The molecule has 1 N–H and O–H groups in total. The maximum absolute atomic E-state index is 12.1. The van der Waals surface area contributed by atoms with E-state index in [0.29, 0.717) is 34.9 Å². The average Bonchev–Trinajstić information content (AvgIpc) is 3.36. The normalized spacial score (nSPS) is 18.2. The summed E-state index contributed by atoms with van der Waals surface area (Å²) in [7, 11) is 1.81. The molecule has 0 spiro atoms. The number of benzene rings is 1. The lowest BCUT2D eigenvalue weighted by Crippen LogP contribution is -2.48. The van der Waals surface area contributed by atoms with Crippen LogP contribution in [0, 0.1) is 0 Å². The van der Waals surface area contributed by atoms with Crippen molar-refractivity contribution in [3.63, 3.8) is 0 Å². The number of halogens is 2. The van der Waals surface area contributed by atoms with Crippen molar-refractivity contribution in [3.05, 3.63) is 34.7 Å². The van der Waals surface area contributed by atoms with Gasteiger partial charge in [0.1, 0.15) is 0 Å². The second-order valence-corrected chi connectivity index (χ2v) is 8.94. The molecule has 2 aliphatic rings. The Balaban J connectivity index is 1.44. The Bertz CT molecular complexity index is 1160. The Morgan fingerprint density at radius 1 is 1.17 bits per heavy atom.